The molecular weight excluding hydrogens is 433 g/mol. The van der Waals surface area contributed by atoms with Gasteiger partial charge in [-0.2, -0.15) is 0 Å². The number of nitrogens with zero attached hydrogens (tertiary/aromatic N) is 3. The van der Waals surface area contributed by atoms with Gasteiger partial charge in [-0.15, -0.1) is 0 Å². The number of piperazine rings is 1. The minimum atomic E-state index is -0.170. The van der Waals surface area contributed by atoms with Crippen molar-refractivity contribution in [3.63, 3.8) is 0 Å². The van der Waals surface area contributed by atoms with Gasteiger partial charge in [-0.1, -0.05) is 12.1 Å². The van der Waals surface area contributed by atoms with E-state index in [9.17, 15) is 14.0 Å². The SMILES string of the molecule is O=C(NCCCN1CCN(c2ccccc2F)CC1)c1ccc2c(c1)NC(=O)[C@@H]1CCCCN21. The van der Waals surface area contributed by atoms with E-state index in [2.05, 4.69) is 25.3 Å². The summed E-state index contributed by atoms with van der Waals surface area (Å²) in [6.07, 6.45) is 3.89. The maximum atomic E-state index is 14.0. The number of nitrogens with one attached hydrogen (secondary N) is 2. The van der Waals surface area contributed by atoms with Crippen LogP contribution in [0.4, 0.5) is 21.5 Å². The van der Waals surface area contributed by atoms with E-state index in [-0.39, 0.29) is 23.7 Å². The van der Waals surface area contributed by atoms with Crippen LogP contribution in [0.15, 0.2) is 42.5 Å². The summed E-state index contributed by atoms with van der Waals surface area (Å²) in [6.45, 7) is 5.71. The molecule has 1 atom stereocenters. The lowest BCUT2D eigenvalue weighted by molar-refractivity contribution is -0.118. The van der Waals surface area contributed by atoms with Crippen molar-refractivity contribution in [1.29, 1.82) is 0 Å². The van der Waals surface area contributed by atoms with E-state index in [1.54, 1.807) is 12.1 Å². The number of piperidine rings is 1. The van der Waals surface area contributed by atoms with Gasteiger partial charge in [0, 0.05) is 44.8 Å². The van der Waals surface area contributed by atoms with Crippen LogP contribution < -0.4 is 20.4 Å². The van der Waals surface area contributed by atoms with Crippen LogP contribution in [0, 0.1) is 5.82 Å². The third-order valence-corrected chi connectivity index (χ3v) is 7.13. The van der Waals surface area contributed by atoms with Crippen molar-refractivity contribution < 1.29 is 14.0 Å². The van der Waals surface area contributed by atoms with E-state index in [1.165, 1.54) is 6.07 Å². The maximum Gasteiger partial charge on any atom is 0.251 e. The second kappa shape index (κ2) is 10.0. The fourth-order valence-electron chi connectivity index (χ4n) is 5.26. The molecule has 3 aliphatic rings. The number of benzene rings is 2. The molecule has 2 saturated heterocycles. The van der Waals surface area contributed by atoms with Gasteiger partial charge in [-0.3, -0.25) is 14.5 Å². The predicted molar refractivity (Wildman–Crippen MR) is 132 cm³/mol. The quantitative estimate of drug-likeness (QED) is 0.642. The van der Waals surface area contributed by atoms with E-state index < -0.39 is 0 Å². The molecule has 2 N–H and O–H groups in total. The molecule has 8 heteroatoms. The first-order chi connectivity index (χ1) is 16.6. The first-order valence-electron chi connectivity index (χ1n) is 12.3. The summed E-state index contributed by atoms with van der Waals surface area (Å²) < 4.78 is 14.0. The molecule has 3 aliphatic heterocycles. The Kier molecular flexibility index (Phi) is 6.67. The second-order valence-electron chi connectivity index (χ2n) is 9.32. The summed E-state index contributed by atoms with van der Waals surface area (Å²) in [5.41, 5.74) is 2.97. The maximum absolute atomic E-state index is 14.0. The minimum Gasteiger partial charge on any atom is -0.367 e. The number of anilines is 3. The van der Waals surface area contributed by atoms with Gasteiger partial charge in [0.05, 0.1) is 17.1 Å². The normalized spacial score (nSPS) is 20.4. The average Bonchev–Trinajstić information content (AvgIpc) is 2.87. The van der Waals surface area contributed by atoms with Crippen molar-refractivity contribution >= 4 is 28.9 Å². The first-order valence-corrected chi connectivity index (χ1v) is 12.3. The van der Waals surface area contributed by atoms with E-state index in [4.69, 9.17) is 0 Å². The summed E-state index contributed by atoms with van der Waals surface area (Å²) in [5.74, 6) is -0.266. The lowest BCUT2D eigenvalue weighted by atomic mass is 9.97. The van der Waals surface area contributed by atoms with Gasteiger partial charge in [0.2, 0.25) is 5.91 Å². The Morgan fingerprint density at radius 3 is 2.68 bits per heavy atom. The third kappa shape index (κ3) is 4.73. The monoisotopic (exact) mass is 465 g/mol. The van der Waals surface area contributed by atoms with Gasteiger partial charge < -0.3 is 20.4 Å². The zero-order valence-corrected chi connectivity index (χ0v) is 19.4. The Balaban J connectivity index is 1.08. The van der Waals surface area contributed by atoms with Crippen LogP contribution in [0.3, 0.4) is 0 Å². The fraction of sp³-hybridized carbons (Fsp3) is 0.462. The molecule has 0 spiro atoms. The number of hydrogen-bond donors (Lipinski definition) is 2. The molecule has 2 amide bonds. The van der Waals surface area contributed by atoms with Crippen LogP contribution in [0.1, 0.15) is 36.0 Å². The molecule has 0 radical (unpaired) electrons. The van der Waals surface area contributed by atoms with E-state index >= 15 is 0 Å². The van der Waals surface area contributed by atoms with Crippen LogP contribution in [0.5, 0.6) is 0 Å². The van der Waals surface area contributed by atoms with Crippen molar-refractivity contribution in [3.8, 4) is 0 Å². The molecule has 5 rings (SSSR count). The molecule has 0 bridgehead atoms. The van der Waals surface area contributed by atoms with Gasteiger partial charge in [0.1, 0.15) is 11.9 Å². The number of halogens is 1. The molecule has 2 aromatic rings. The van der Waals surface area contributed by atoms with Crippen LogP contribution >= 0.6 is 0 Å². The van der Waals surface area contributed by atoms with E-state index in [1.807, 2.05) is 24.3 Å². The Bertz CT molecular complexity index is 1050. The Morgan fingerprint density at radius 1 is 1.03 bits per heavy atom. The van der Waals surface area contributed by atoms with Gasteiger partial charge in [0.15, 0.2) is 0 Å². The highest BCUT2D eigenvalue weighted by atomic mass is 19.1. The molecular formula is C26H32FN5O2. The molecule has 0 saturated carbocycles. The van der Waals surface area contributed by atoms with Gasteiger partial charge in [0.25, 0.3) is 5.91 Å². The molecule has 0 aromatic heterocycles. The fourth-order valence-corrected chi connectivity index (χ4v) is 5.26. The standard InChI is InChI=1S/C26H32FN5O2/c27-20-6-1-2-7-22(20)31-16-14-30(15-17-31)12-5-11-28-25(33)19-9-10-23-21(18-19)29-26(34)24-8-3-4-13-32(23)24/h1-2,6-7,9-10,18,24H,3-5,8,11-17H2,(H,28,33)(H,29,34)/t24-/m0/s1. The number of carbonyl (C=O) groups excluding carboxylic acids is 2. The summed E-state index contributed by atoms with van der Waals surface area (Å²) in [6, 6.07) is 12.4. The van der Waals surface area contributed by atoms with Crippen LogP contribution in [0.25, 0.3) is 0 Å². The van der Waals surface area contributed by atoms with Gasteiger partial charge in [-0.25, -0.2) is 4.39 Å². The number of rotatable bonds is 6. The van der Waals surface area contributed by atoms with Crippen molar-refractivity contribution in [2.24, 2.45) is 0 Å². The lowest BCUT2D eigenvalue weighted by Crippen LogP contribution is -2.50. The largest absolute Gasteiger partial charge is 0.367 e. The molecule has 0 unspecified atom stereocenters. The molecule has 180 valence electrons. The third-order valence-electron chi connectivity index (χ3n) is 7.13. The lowest BCUT2D eigenvalue weighted by Gasteiger charge is -2.41. The van der Waals surface area contributed by atoms with Crippen molar-refractivity contribution in [3.05, 3.63) is 53.8 Å². The molecule has 2 fully saturated rings. The number of amides is 2. The van der Waals surface area contributed by atoms with Gasteiger partial charge in [-0.05, 0) is 62.6 Å². The number of fused-ring (bicyclic) bond motifs is 3. The van der Waals surface area contributed by atoms with Crippen LogP contribution in [-0.2, 0) is 4.79 Å². The highest BCUT2D eigenvalue weighted by Crippen LogP contribution is 2.36. The van der Waals surface area contributed by atoms with Crippen molar-refractivity contribution in [1.82, 2.24) is 10.2 Å². The minimum absolute atomic E-state index is 0.0276. The second-order valence-corrected chi connectivity index (χ2v) is 9.32. The summed E-state index contributed by atoms with van der Waals surface area (Å²) >= 11 is 0. The van der Waals surface area contributed by atoms with Crippen LogP contribution in [-0.4, -0.2) is 68.6 Å². The molecule has 3 heterocycles. The van der Waals surface area contributed by atoms with E-state index in [0.29, 0.717) is 17.8 Å². The highest BCUT2D eigenvalue weighted by molar-refractivity contribution is 6.05. The number of para-hydroxylation sites is 1. The summed E-state index contributed by atoms with van der Waals surface area (Å²) in [5, 5.41) is 5.99. The summed E-state index contributed by atoms with van der Waals surface area (Å²) in [4.78, 5) is 31.8. The topological polar surface area (TPSA) is 67.9 Å². The number of hydrogen-bond acceptors (Lipinski definition) is 5. The predicted octanol–water partition coefficient (Wildman–Crippen LogP) is 3.08. The average molecular weight is 466 g/mol. The van der Waals surface area contributed by atoms with Crippen LogP contribution in [0.2, 0.25) is 0 Å². The molecule has 2 aromatic carbocycles. The first kappa shape index (κ1) is 22.7. The number of carbonyl (C=O) groups is 2. The van der Waals surface area contributed by atoms with E-state index in [0.717, 1.165) is 76.3 Å². The van der Waals surface area contributed by atoms with Gasteiger partial charge >= 0.3 is 0 Å². The zero-order valence-electron chi connectivity index (χ0n) is 19.4. The Hall–Kier alpha value is -3.13. The Labute approximate surface area is 199 Å². The zero-order chi connectivity index (χ0) is 23.5. The summed E-state index contributed by atoms with van der Waals surface area (Å²) in [7, 11) is 0. The highest BCUT2D eigenvalue weighted by Gasteiger charge is 2.34. The Morgan fingerprint density at radius 2 is 1.85 bits per heavy atom. The molecule has 7 nitrogen and oxygen atoms in total. The van der Waals surface area contributed by atoms with Crippen molar-refractivity contribution in [2.75, 3.05) is 60.9 Å². The molecule has 34 heavy (non-hydrogen) atoms. The smallest absolute Gasteiger partial charge is 0.251 e. The van der Waals surface area contributed by atoms with Crippen molar-refractivity contribution in [2.45, 2.75) is 31.7 Å². The molecule has 0 aliphatic carbocycles.